The molecule has 0 radical (unpaired) electrons. The van der Waals surface area contributed by atoms with E-state index in [2.05, 4.69) is 10.5 Å². The molecular weight excluding hydrogens is 288 g/mol. The van der Waals surface area contributed by atoms with Crippen molar-refractivity contribution in [3.63, 3.8) is 0 Å². The second-order valence-corrected chi connectivity index (χ2v) is 6.57. The van der Waals surface area contributed by atoms with Crippen molar-refractivity contribution < 1.29 is 9.90 Å². The number of halogens is 1. The lowest BCUT2D eigenvalue weighted by molar-refractivity contribution is 0.0951. The lowest BCUT2D eigenvalue weighted by Crippen LogP contribution is -2.24. The average Bonchev–Trinajstić information content (AvgIpc) is 3.09. The molecule has 0 aliphatic heterocycles. The summed E-state index contributed by atoms with van der Waals surface area (Å²) in [6.45, 7) is 1.98. The van der Waals surface area contributed by atoms with Gasteiger partial charge in [-0.2, -0.15) is 5.10 Å². The zero-order chi connectivity index (χ0) is 15.0. The third-order valence-electron chi connectivity index (χ3n) is 4.81. The number of phenolic OH excluding ortho intramolecular Hbond substituents is 1. The number of hydrazone groups is 1. The van der Waals surface area contributed by atoms with Crippen molar-refractivity contribution in [1.29, 1.82) is 0 Å². The molecule has 2 aliphatic rings. The summed E-state index contributed by atoms with van der Waals surface area (Å²) in [5, 5.41) is 14.3. The van der Waals surface area contributed by atoms with Crippen molar-refractivity contribution in [2.45, 2.75) is 32.6 Å². The molecule has 2 saturated carbocycles. The third kappa shape index (κ3) is 2.91. The van der Waals surface area contributed by atoms with Crippen molar-refractivity contribution in [2.24, 2.45) is 22.9 Å². The summed E-state index contributed by atoms with van der Waals surface area (Å²) in [5.41, 5.74) is 3.66. The van der Waals surface area contributed by atoms with Crippen LogP contribution in [-0.4, -0.2) is 16.7 Å². The Bertz CT molecular complexity index is 600. The number of nitrogens with zero attached hydrogens (tertiary/aromatic N) is 1. The van der Waals surface area contributed by atoms with Crippen molar-refractivity contribution in [3.05, 3.63) is 28.8 Å². The molecule has 3 atom stereocenters. The maximum Gasteiger partial charge on any atom is 0.275 e. The summed E-state index contributed by atoms with van der Waals surface area (Å²) in [6, 6.07) is 4.38. The summed E-state index contributed by atoms with van der Waals surface area (Å²) in [5.74, 6) is 1.55. The van der Waals surface area contributed by atoms with Crippen LogP contribution in [0.1, 0.15) is 43.0 Å². The average molecular weight is 307 g/mol. The number of fused-ring (bicyclic) bond motifs is 2. The summed E-state index contributed by atoms with van der Waals surface area (Å²) in [7, 11) is 0. The fourth-order valence-corrected chi connectivity index (χ4v) is 3.90. The molecule has 2 aliphatic carbocycles. The first-order valence-electron chi connectivity index (χ1n) is 7.37. The van der Waals surface area contributed by atoms with Gasteiger partial charge in [-0.05, 0) is 56.2 Å². The molecule has 0 aromatic heterocycles. The van der Waals surface area contributed by atoms with Crippen LogP contribution in [0, 0.1) is 17.8 Å². The highest BCUT2D eigenvalue weighted by Crippen LogP contribution is 2.48. The molecule has 0 heterocycles. The predicted molar refractivity (Wildman–Crippen MR) is 82.6 cm³/mol. The minimum Gasteiger partial charge on any atom is -0.507 e. The van der Waals surface area contributed by atoms with Gasteiger partial charge in [0.2, 0.25) is 0 Å². The van der Waals surface area contributed by atoms with Gasteiger partial charge in [0.1, 0.15) is 5.75 Å². The van der Waals surface area contributed by atoms with Gasteiger partial charge in [-0.1, -0.05) is 18.0 Å². The van der Waals surface area contributed by atoms with Crippen LogP contribution in [0.5, 0.6) is 5.75 Å². The SMILES string of the molecule is C/C(=N/NC(=O)c1cc(Cl)ccc1O)[C@@H]1C[C@H]2CC[C@@H]1C2. The van der Waals surface area contributed by atoms with Crippen LogP contribution in [0.3, 0.4) is 0 Å². The van der Waals surface area contributed by atoms with Gasteiger partial charge in [-0.3, -0.25) is 4.79 Å². The zero-order valence-corrected chi connectivity index (χ0v) is 12.7. The Hall–Kier alpha value is -1.55. The highest BCUT2D eigenvalue weighted by molar-refractivity contribution is 6.31. The third-order valence-corrected chi connectivity index (χ3v) is 5.05. The van der Waals surface area contributed by atoms with Gasteiger partial charge in [0.15, 0.2) is 0 Å². The molecule has 0 unspecified atom stereocenters. The predicted octanol–water partition coefficient (Wildman–Crippen LogP) is 3.59. The minimum atomic E-state index is -0.433. The summed E-state index contributed by atoms with van der Waals surface area (Å²) < 4.78 is 0. The number of hydrogen-bond donors (Lipinski definition) is 2. The molecule has 2 fully saturated rings. The standard InChI is InChI=1S/C16H19ClN2O2/c1-9(13-7-10-2-3-11(13)6-10)18-19-16(21)14-8-12(17)4-5-15(14)20/h4-5,8,10-11,13,20H,2-3,6-7H2,1H3,(H,19,21)/b18-9-/t10-,11+,13-/m0/s1. The molecule has 1 amide bonds. The number of phenols is 1. The first kappa shape index (κ1) is 14.4. The van der Waals surface area contributed by atoms with E-state index in [-0.39, 0.29) is 11.3 Å². The zero-order valence-electron chi connectivity index (χ0n) is 12.0. The van der Waals surface area contributed by atoms with E-state index in [0.29, 0.717) is 10.9 Å². The van der Waals surface area contributed by atoms with Gasteiger partial charge >= 0.3 is 0 Å². The first-order chi connectivity index (χ1) is 10.0. The maximum atomic E-state index is 12.1. The second kappa shape index (κ2) is 5.68. The highest BCUT2D eigenvalue weighted by Gasteiger charge is 2.40. The number of carbonyl (C=O) groups is 1. The fraction of sp³-hybridized carbons (Fsp3) is 0.500. The van der Waals surface area contributed by atoms with E-state index in [4.69, 9.17) is 11.6 Å². The number of amides is 1. The van der Waals surface area contributed by atoms with Crippen molar-refractivity contribution in [2.75, 3.05) is 0 Å². The minimum absolute atomic E-state index is 0.0929. The molecule has 112 valence electrons. The van der Waals surface area contributed by atoms with Crippen LogP contribution >= 0.6 is 11.6 Å². The molecular formula is C16H19ClN2O2. The molecule has 5 heteroatoms. The van der Waals surface area contributed by atoms with Gasteiger partial charge in [-0.25, -0.2) is 5.43 Å². The molecule has 1 aromatic carbocycles. The molecule has 2 N–H and O–H groups in total. The molecule has 0 spiro atoms. The molecule has 2 bridgehead atoms. The summed E-state index contributed by atoms with van der Waals surface area (Å²) in [4.78, 5) is 12.1. The Labute approximate surface area is 129 Å². The van der Waals surface area contributed by atoms with E-state index in [9.17, 15) is 9.90 Å². The number of carbonyl (C=O) groups excluding carboxylic acids is 1. The molecule has 1 aromatic rings. The van der Waals surface area contributed by atoms with E-state index >= 15 is 0 Å². The number of benzene rings is 1. The number of rotatable bonds is 3. The largest absolute Gasteiger partial charge is 0.507 e. The van der Waals surface area contributed by atoms with E-state index in [1.54, 1.807) is 0 Å². The van der Waals surface area contributed by atoms with Gasteiger partial charge in [0, 0.05) is 16.7 Å². The normalized spacial score (nSPS) is 27.9. The summed E-state index contributed by atoms with van der Waals surface area (Å²) >= 11 is 5.84. The number of hydrogen-bond acceptors (Lipinski definition) is 3. The van der Waals surface area contributed by atoms with E-state index in [0.717, 1.165) is 17.5 Å². The van der Waals surface area contributed by atoms with Gasteiger partial charge in [-0.15, -0.1) is 0 Å². The van der Waals surface area contributed by atoms with Crippen LogP contribution in [0.4, 0.5) is 0 Å². The van der Waals surface area contributed by atoms with Crippen LogP contribution < -0.4 is 5.43 Å². The Morgan fingerprint density at radius 3 is 2.86 bits per heavy atom. The van der Waals surface area contributed by atoms with Gasteiger partial charge in [0.05, 0.1) is 5.56 Å². The van der Waals surface area contributed by atoms with E-state index < -0.39 is 5.91 Å². The maximum absolute atomic E-state index is 12.1. The molecule has 4 nitrogen and oxygen atoms in total. The highest BCUT2D eigenvalue weighted by atomic mass is 35.5. The Morgan fingerprint density at radius 2 is 2.19 bits per heavy atom. The lowest BCUT2D eigenvalue weighted by Gasteiger charge is -2.21. The molecule has 3 rings (SSSR count). The Balaban J connectivity index is 1.67. The van der Waals surface area contributed by atoms with Crippen LogP contribution in [0.2, 0.25) is 5.02 Å². The van der Waals surface area contributed by atoms with E-state index in [1.807, 2.05) is 6.92 Å². The van der Waals surface area contributed by atoms with E-state index in [1.165, 1.54) is 43.9 Å². The van der Waals surface area contributed by atoms with Crippen LogP contribution in [-0.2, 0) is 0 Å². The number of aromatic hydroxyl groups is 1. The van der Waals surface area contributed by atoms with Crippen molar-refractivity contribution >= 4 is 23.2 Å². The van der Waals surface area contributed by atoms with Crippen molar-refractivity contribution in [3.8, 4) is 5.75 Å². The molecule has 21 heavy (non-hydrogen) atoms. The monoisotopic (exact) mass is 306 g/mol. The first-order valence-corrected chi connectivity index (χ1v) is 7.75. The van der Waals surface area contributed by atoms with Gasteiger partial charge < -0.3 is 5.11 Å². The smallest absolute Gasteiger partial charge is 0.275 e. The topological polar surface area (TPSA) is 61.7 Å². The Kier molecular flexibility index (Phi) is 3.89. The fourth-order valence-electron chi connectivity index (χ4n) is 3.73. The van der Waals surface area contributed by atoms with Crippen molar-refractivity contribution in [1.82, 2.24) is 5.43 Å². The van der Waals surface area contributed by atoms with Crippen LogP contribution in [0.15, 0.2) is 23.3 Å². The molecule has 0 saturated heterocycles. The lowest BCUT2D eigenvalue weighted by atomic mass is 9.86. The van der Waals surface area contributed by atoms with Crippen LogP contribution in [0.25, 0.3) is 0 Å². The van der Waals surface area contributed by atoms with Gasteiger partial charge in [0.25, 0.3) is 5.91 Å². The second-order valence-electron chi connectivity index (χ2n) is 6.14. The Morgan fingerprint density at radius 1 is 1.38 bits per heavy atom. The summed E-state index contributed by atoms with van der Waals surface area (Å²) in [6.07, 6.45) is 5.13. The quantitative estimate of drug-likeness (QED) is 0.662. The number of nitrogens with one attached hydrogen (secondary N) is 1.